The van der Waals surface area contributed by atoms with E-state index in [0.717, 1.165) is 25.1 Å². The molecule has 8 nitrogen and oxygen atoms in total. The Labute approximate surface area is 174 Å². The van der Waals surface area contributed by atoms with Crippen LogP contribution in [0.3, 0.4) is 0 Å². The topological polar surface area (TPSA) is 123 Å². The predicted octanol–water partition coefficient (Wildman–Crippen LogP) is 3.66. The van der Waals surface area contributed by atoms with Gasteiger partial charge in [-0.3, -0.25) is 9.48 Å². The standard InChI is InChI=1S/C20H16F3N7O/c21-16-12(5-6-24)13(3-4-14(16)19(25)31)17-15(18(22)23)8-26-20(29-17)28-10-7-27-30(9-10)11-1-2-11/h3-4,7-9,11,18H,1-2,5H2,(H2,25,31)(H,26,28,29). The number of nitrogens with zero attached hydrogens (tertiary/aromatic N) is 5. The van der Waals surface area contributed by atoms with Crippen LogP contribution in [-0.2, 0) is 6.42 Å². The van der Waals surface area contributed by atoms with Gasteiger partial charge in [0.05, 0.1) is 47.2 Å². The number of hydrogen-bond donors (Lipinski definition) is 2. The Morgan fingerprint density at radius 3 is 2.77 bits per heavy atom. The molecule has 1 aromatic carbocycles. The van der Waals surface area contributed by atoms with Crippen molar-refractivity contribution in [2.45, 2.75) is 31.7 Å². The molecule has 4 rings (SSSR count). The lowest BCUT2D eigenvalue weighted by atomic mass is 9.96. The van der Waals surface area contributed by atoms with E-state index >= 15 is 0 Å². The number of carbonyl (C=O) groups is 1. The van der Waals surface area contributed by atoms with E-state index in [9.17, 15) is 18.0 Å². The third-order valence-corrected chi connectivity index (χ3v) is 4.85. The summed E-state index contributed by atoms with van der Waals surface area (Å²) in [5.41, 5.74) is 4.21. The Bertz CT molecular complexity index is 1200. The van der Waals surface area contributed by atoms with Gasteiger partial charge in [0.2, 0.25) is 5.95 Å². The fraction of sp³-hybridized carbons (Fsp3) is 0.250. The van der Waals surface area contributed by atoms with E-state index in [-0.39, 0.29) is 22.8 Å². The minimum absolute atomic E-state index is 0.00274. The predicted molar refractivity (Wildman–Crippen MR) is 104 cm³/mol. The number of carbonyl (C=O) groups excluding carboxylic acids is 1. The van der Waals surface area contributed by atoms with Crippen LogP contribution in [0.5, 0.6) is 0 Å². The number of alkyl halides is 2. The summed E-state index contributed by atoms with van der Waals surface area (Å²) in [7, 11) is 0. The zero-order valence-corrected chi connectivity index (χ0v) is 16.0. The van der Waals surface area contributed by atoms with E-state index in [2.05, 4.69) is 20.4 Å². The fourth-order valence-corrected chi connectivity index (χ4v) is 3.18. The molecule has 1 saturated carbocycles. The van der Waals surface area contributed by atoms with Gasteiger partial charge >= 0.3 is 0 Å². The molecule has 31 heavy (non-hydrogen) atoms. The van der Waals surface area contributed by atoms with Gasteiger partial charge in [0.1, 0.15) is 5.82 Å². The van der Waals surface area contributed by atoms with Gasteiger partial charge in [-0.15, -0.1) is 0 Å². The summed E-state index contributed by atoms with van der Waals surface area (Å²) in [4.78, 5) is 19.5. The number of nitrogens with two attached hydrogens (primary N) is 1. The van der Waals surface area contributed by atoms with Crippen molar-refractivity contribution in [3.8, 4) is 17.3 Å². The van der Waals surface area contributed by atoms with Gasteiger partial charge < -0.3 is 11.1 Å². The number of halogens is 3. The van der Waals surface area contributed by atoms with Gasteiger partial charge in [-0.25, -0.2) is 23.1 Å². The summed E-state index contributed by atoms with van der Waals surface area (Å²) in [6.45, 7) is 0. The molecule has 0 aliphatic heterocycles. The molecule has 0 radical (unpaired) electrons. The van der Waals surface area contributed by atoms with Crippen LogP contribution >= 0.6 is 0 Å². The number of benzene rings is 1. The summed E-state index contributed by atoms with van der Waals surface area (Å²) in [6, 6.07) is 4.46. The van der Waals surface area contributed by atoms with E-state index in [1.165, 1.54) is 6.07 Å². The molecule has 0 spiro atoms. The first-order chi connectivity index (χ1) is 14.9. The lowest BCUT2D eigenvalue weighted by Gasteiger charge is -2.14. The maximum absolute atomic E-state index is 14.8. The van der Waals surface area contributed by atoms with Crippen LogP contribution in [0.25, 0.3) is 11.3 Å². The summed E-state index contributed by atoms with van der Waals surface area (Å²) >= 11 is 0. The Hall–Kier alpha value is -3.94. The largest absolute Gasteiger partial charge is 0.366 e. The van der Waals surface area contributed by atoms with Gasteiger partial charge in [0, 0.05) is 23.5 Å². The molecule has 0 bridgehead atoms. The maximum atomic E-state index is 14.8. The highest BCUT2D eigenvalue weighted by atomic mass is 19.3. The summed E-state index contributed by atoms with van der Waals surface area (Å²) in [6.07, 6.45) is 2.92. The highest BCUT2D eigenvalue weighted by Crippen LogP contribution is 2.36. The third kappa shape index (κ3) is 4.05. The number of aromatic nitrogens is 4. The third-order valence-electron chi connectivity index (χ3n) is 4.85. The Morgan fingerprint density at radius 2 is 2.13 bits per heavy atom. The number of nitriles is 1. The van der Waals surface area contributed by atoms with Gasteiger partial charge in [-0.05, 0) is 18.9 Å². The fourth-order valence-electron chi connectivity index (χ4n) is 3.18. The van der Waals surface area contributed by atoms with Crippen molar-refractivity contribution in [1.29, 1.82) is 5.26 Å². The first-order valence-electron chi connectivity index (χ1n) is 9.33. The van der Waals surface area contributed by atoms with Crippen LogP contribution in [0.2, 0.25) is 0 Å². The van der Waals surface area contributed by atoms with E-state index in [1.807, 2.05) is 0 Å². The summed E-state index contributed by atoms with van der Waals surface area (Å²) in [5.74, 6) is -2.07. The lowest BCUT2D eigenvalue weighted by molar-refractivity contribution is 0.0996. The highest BCUT2D eigenvalue weighted by molar-refractivity contribution is 5.94. The average molecular weight is 427 g/mol. The Kier molecular flexibility index (Phi) is 5.29. The lowest BCUT2D eigenvalue weighted by Crippen LogP contribution is -2.15. The first kappa shape index (κ1) is 20.3. The van der Waals surface area contributed by atoms with Crippen molar-refractivity contribution in [2.75, 3.05) is 5.32 Å². The van der Waals surface area contributed by atoms with Crippen molar-refractivity contribution in [2.24, 2.45) is 5.73 Å². The van der Waals surface area contributed by atoms with E-state index in [1.54, 1.807) is 23.1 Å². The van der Waals surface area contributed by atoms with Crippen LogP contribution in [0.1, 0.15) is 46.8 Å². The number of rotatable bonds is 7. The average Bonchev–Trinajstić information content (AvgIpc) is 3.48. The van der Waals surface area contributed by atoms with Crippen molar-refractivity contribution in [3.05, 3.63) is 53.2 Å². The molecule has 1 aliphatic rings. The quantitative estimate of drug-likeness (QED) is 0.593. The number of amides is 1. The zero-order chi connectivity index (χ0) is 22.1. The molecular weight excluding hydrogens is 411 g/mol. The van der Waals surface area contributed by atoms with Crippen LogP contribution in [-0.4, -0.2) is 25.7 Å². The molecule has 1 aliphatic carbocycles. The highest BCUT2D eigenvalue weighted by Gasteiger charge is 2.25. The van der Waals surface area contributed by atoms with Gasteiger partial charge in [-0.1, -0.05) is 6.07 Å². The van der Waals surface area contributed by atoms with Crippen LogP contribution in [0.4, 0.5) is 24.8 Å². The minimum atomic E-state index is -2.95. The molecule has 11 heteroatoms. The Morgan fingerprint density at radius 1 is 1.35 bits per heavy atom. The number of primary amides is 1. The van der Waals surface area contributed by atoms with Crippen LogP contribution in [0.15, 0.2) is 30.7 Å². The molecule has 158 valence electrons. The smallest absolute Gasteiger partial charge is 0.267 e. The minimum Gasteiger partial charge on any atom is -0.366 e. The monoisotopic (exact) mass is 427 g/mol. The molecule has 3 N–H and O–H groups in total. The van der Waals surface area contributed by atoms with Gasteiger partial charge in [-0.2, -0.15) is 10.4 Å². The molecule has 0 unspecified atom stereocenters. The van der Waals surface area contributed by atoms with E-state index < -0.39 is 35.7 Å². The second-order valence-electron chi connectivity index (χ2n) is 7.02. The molecular formula is C20H16F3N7O. The van der Waals surface area contributed by atoms with Crippen molar-refractivity contribution >= 4 is 17.5 Å². The molecule has 2 heterocycles. The van der Waals surface area contributed by atoms with Crippen molar-refractivity contribution in [1.82, 2.24) is 19.7 Å². The van der Waals surface area contributed by atoms with Crippen molar-refractivity contribution in [3.63, 3.8) is 0 Å². The summed E-state index contributed by atoms with van der Waals surface area (Å²) < 4.78 is 43.9. The number of hydrogen-bond acceptors (Lipinski definition) is 6. The molecule has 2 aromatic heterocycles. The SMILES string of the molecule is N#CCc1c(-c2nc(Nc3cnn(C4CC4)c3)ncc2C(F)F)ccc(C(N)=O)c1F. The second kappa shape index (κ2) is 8.06. The molecule has 1 fully saturated rings. The number of anilines is 2. The van der Waals surface area contributed by atoms with Gasteiger partial charge in [0.15, 0.2) is 0 Å². The molecule has 1 amide bonds. The Balaban J connectivity index is 1.78. The second-order valence-corrected chi connectivity index (χ2v) is 7.02. The molecule has 0 atom stereocenters. The molecule has 0 saturated heterocycles. The maximum Gasteiger partial charge on any atom is 0.267 e. The van der Waals surface area contributed by atoms with Crippen LogP contribution in [0, 0.1) is 17.1 Å². The molecule has 3 aromatic rings. The summed E-state index contributed by atoms with van der Waals surface area (Å²) in [5, 5.41) is 16.2. The van der Waals surface area contributed by atoms with E-state index in [4.69, 9.17) is 11.0 Å². The van der Waals surface area contributed by atoms with E-state index in [0.29, 0.717) is 11.7 Å². The van der Waals surface area contributed by atoms with Crippen LogP contribution < -0.4 is 11.1 Å². The normalized spacial score (nSPS) is 13.3. The van der Waals surface area contributed by atoms with Gasteiger partial charge in [0.25, 0.3) is 12.3 Å². The van der Waals surface area contributed by atoms with Crippen molar-refractivity contribution < 1.29 is 18.0 Å². The zero-order valence-electron chi connectivity index (χ0n) is 16.0. The number of nitrogens with one attached hydrogen (secondary N) is 1. The first-order valence-corrected chi connectivity index (χ1v) is 9.33.